The summed E-state index contributed by atoms with van der Waals surface area (Å²) < 4.78 is 63.3. The number of oxime groups is 1. The summed E-state index contributed by atoms with van der Waals surface area (Å²) in [5.74, 6) is -9.28. The van der Waals surface area contributed by atoms with Crippen LogP contribution in [0.25, 0.3) is 0 Å². The lowest BCUT2D eigenvalue weighted by Crippen LogP contribution is -2.15. The lowest BCUT2D eigenvalue weighted by Gasteiger charge is -2.08. The lowest BCUT2D eigenvalue weighted by molar-refractivity contribution is 0.0475. The molecule has 0 saturated carbocycles. The van der Waals surface area contributed by atoms with E-state index < -0.39 is 41.6 Å². The van der Waals surface area contributed by atoms with Crippen LogP contribution >= 0.6 is 0 Å². The fourth-order valence-electron chi connectivity index (χ4n) is 2.18. The monoisotopic (exact) mass is 408 g/mol. The van der Waals surface area contributed by atoms with Crippen LogP contribution in [-0.2, 0) is 11.4 Å². The summed E-state index contributed by atoms with van der Waals surface area (Å²) in [6.07, 6.45) is 0. The number of ether oxygens (including phenoxy) is 1. The smallest absolute Gasteiger partial charge is 0.400 e. The third-order valence-electron chi connectivity index (χ3n) is 3.59. The van der Waals surface area contributed by atoms with E-state index in [-0.39, 0.29) is 23.4 Å². The fourth-order valence-corrected chi connectivity index (χ4v) is 2.18. The summed E-state index contributed by atoms with van der Waals surface area (Å²) in [7, 11) is 0. The van der Waals surface area contributed by atoms with Gasteiger partial charge in [0.15, 0.2) is 23.2 Å². The van der Waals surface area contributed by atoms with Gasteiger partial charge in [-0.3, -0.25) is 0 Å². The van der Waals surface area contributed by atoms with Gasteiger partial charge >= 0.3 is 5.97 Å². The molecule has 6 nitrogen and oxygen atoms in total. The van der Waals surface area contributed by atoms with Crippen molar-refractivity contribution in [1.82, 2.24) is 0 Å². The van der Waals surface area contributed by atoms with Crippen LogP contribution in [0, 0.1) is 23.3 Å². The van der Waals surface area contributed by atoms with Crippen molar-refractivity contribution in [2.75, 3.05) is 0 Å². The number of rotatable bonds is 6. The van der Waals surface area contributed by atoms with Gasteiger partial charge in [-0.25, -0.2) is 13.6 Å². The van der Waals surface area contributed by atoms with Crippen molar-refractivity contribution in [3.8, 4) is 5.75 Å². The molecule has 2 aromatic carbocycles. The molecule has 0 atom stereocenters. The Hall–Kier alpha value is -3.82. The fraction of sp³-hybridized carbons (Fsp3) is 0.0526. The number of carbonyl (C=O) groups excluding carboxylic acids is 1. The third kappa shape index (κ3) is 4.54. The molecule has 0 spiro atoms. The van der Waals surface area contributed by atoms with Crippen molar-refractivity contribution in [3.63, 3.8) is 0 Å². The number of furan rings is 1. The third-order valence-corrected chi connectivity index (χ3v) is 3.59. The van der Waals surface area contributed by atoms with Gasteiger partial charge in [0, 0.05) is 11.6 Å². The number of nitrogens with two attached hydrogens (primary N) is 1. The van der Waals surface area contributed by atoms with Crippen molar-refractivity contribution in [2.24, 2.45) is 10.9 Å². The summed E-state index contributed by atoms with van der Waals surface area (Å²) in [6.45, 7) is -0.612. The highest BCUT2D eigenvalue weighted by atomic mass is 19.2. The molecule has 0 bridgehead atoms. The zero-order valence-corrected chi connectivity index (χ0v) is 14.5. The molecule has 3 aromatic rings. The molecular weight excluding hydrogens is 396 g/mol. The highest BCUT2D eigenvalue weighted by Gasteiger charge is 2.21. The van der Waals surface area contributed by atoms with E-state index in [0.717, 1.165) is 0 Å². The number of carbonyl (C=O) groups is 1. The normalized spacial score (nSPS) is 11.4. The van der Waals surface area contributed by atoms with Crippen molar-refractivity contribution in [1.29, 1.82) is 0 Å². The molecule has 0 fully saturated rings. The number of hydrogen-bond donors (Lipinski definition) is 1. The Kier molecular flexibility index (Phi) is 5.82. The van der Waals surface area contributed by atoms with Gasteiger partial charge in [0.25, 0.3) is 0 Å². The maximum absolute atomic E-state index is 13.6. The molecule has 1 aromatic heterocycles. The van der Waals surface area contributed by atoms with E-state index in [2.05, 4.69) is 9.99 Å². The van der Waals surface area contributed by atoms with E-state index in [0.29, 0.717) is 5.56 Å². The molecule has 0 aliphatic rings. The summed E-state index contributed by atoms with van der Waals surface area (Å²) in [4.78, 5) is 16.6. The minimum atomic E-state index is -1.69. The highest BCUT2D eigenvalue weighted by Crippen LogP contribution is 2.27. The first-order chi connectivity index (χ1) is 13.9. The average Bonchev–Trinajstić information content (AvgIpc) is 3.20. The first-order valence-corrected chi connectivity index (χ1v) is 8.01. The van der Waals surface area contributed by atoms with Gasteiger partial charge in [0.2, 0.25) is 17.4 Å². The van der Waals surface area contributed by atoms with Crippen LogP contribution in [-0.4, -0.2) is 11.8 Å². The molecule has 0 aliphatic carbocycles. The van der Waals surface area contributed by atoms with E-state index >= 15 is 0 Å². The predicted molar refractivity (Wildman–Crippen MR) is 91.9 cm³/mol. The van der Waals surface area contributed by atoms with Crippen molar-refractivity contribution in [3.05, 3.63) is 88.9 Å². The van der Waals surface area contributed by atoms with Crippen LogP contribution in [0.4, 0.5) is 17.6 Å². The first kappa shape index (κ1) is 19.9. The summed E-state index contributed by atoms with van der Waals surface area (Å²) in [5.41, 5.74) is 6.21. The van der Waals surface area contributed by atoms with Crippen LogP contribution in [0.3, 0.4) is 0 Å². The second-order valence-electron chi connectivity index (χ2n) is 5.57. The molecule has 3 rings (SSSR count). The Morgan fingerprint density at radius 2 is 1.66 bits per heavy atom. The van der Waals surface area contributed by atoms with Crippen molar-refractivity contribution >= 4 is 11.8 Å². The molecule has 0 aliphatic heterocycles. The topological polar surface area (TPSA) is 87.1 Å². The number of nitrogens with zero attached hydrogens (tertiary/aromatic N) is 1. The van der Waals surface area contributed by atoms with Gasteiger partial charge in [0.1, 0.15) is 12.4 Å². The largest absolute Gasteiger partial charge is 0.479 e. The van der Waals surface area contributed by atoms with Crippen molar-refractivity contribution < 1.29 is 36.3 Å². The van der Waals surface area contributed by atoms with Gasteiger partial charge in [0.05, 0.1) is 0 Å². The second kappa shape index (κ2) is 8.46. The maximum atomic E-state index is 13.6. The molecule has 0 saturated heterocycles. The van der Waals surface area contributed by atoms with E-state index in [9.17, 15) is 22.4 Å². The summed E-state index contributed by atoms with van der Waals surface area (Å²) >= 11 is 0. The quantitative estimate of drug-likeness (QED) is 0.167. The van der Waals surface area contributed by atoms with E-state index in [1.807, 2.05) is 0 Å². The number of amidine groups is 1. The molecule has 0 amide bonds. The number of hydrogen-bond acceptors (Lipinski definition) is 5. The Labute approximate surface area is 161 Å². The molecule has 2 N–H and O–H groups in total. The van der Waals surface area contributed by atoms with Gasteiger partial charge in [-0.2, -0.15) is 8.78 Å². The van der Waals surface area contributed by atoms with Crippen LogP contribution in [0.1, 0.15) is 21.9 Å². The number of halogens is 4. The Balaban J connectivity index is 1.65. The Morgan fingerprint density at radius 3 is 2.31 bits per heavy atom. The molecule has 0 unspecified atom stereocenters. The summed E-state index contributed by atoms with van der Waals surface area (Å²) in [6, 6.07) is 11.0. The van der Waals surface area contributed by atoms with Gasteiger partial charge < -0.3 is 19.7 Å². The van der Waals surface area contributed by atoms with Crippen LogP contribution in [0.15, 0.2) is 58.1 Å². The molecular formula is C19H12F4N2O4. The van der Waals surface area contributed by atoms with E-state index in [1.165, 1.54) is 12.1 Å². The standard InChI is InChI=1S/C19H12F4N2O4/c20-12-8-13(21)16(23)17(15(12)22)27-9-11-6-7-14(28-11)19(26)29-25-18(24)10-4-2-1-3-5-10/h1-8H,9H2,(H2,24,25). The zero-order valence-electron chi connectivity index (χ0n) is 14.5. The predicted octanol–water partition coefficient (Wildman–Crippen LogP) is 3.89. The zero-order chi connectivity index (χ0) is 21.0. The van der Waals surface area contributed by atoms with Crippen LogP contribution < -0.4 is 10.5 Å². The van der Waals surface area contributed by atoms with Crippen LogP contribution in [0.2, 0.25) is 0 Å². The highest BCUT2D eigenvalue weighted by molar-refractivity contribution is 5.97. The Bertz CT molecular complexity index is 1040. The van der Waals surface area contributed by atoms with Crippen LogP contribution in [0.5, 0.6) is 5.75 Å². The molecule has 29 heavy (non-hydrogen) atoms. The van der Waals surface area contributed by atoms with Gasteiger partial charge in [-0.15, -0.1) is 0 Å². The van der Waals surface area contributed by atoms with Crippen molar-refractivity contribution in [2.45, 2.75) is 6.61 Å². The van der Waals surface area contributed by atoms with Gasteiger partial charge in [-0.05, 0) is 12.1 Å². The molecule has 10 heteroatoms. The number of benzene rings is 2. The SMILES string of the molecule is N/C(=N\OC(=O)c1ccc(COc2c(F)c(F)cc(F)c2F)o1)c1ccccc1. The second-order valence-corrected chi connectivity index (χ2v) is 5.57. The lowest BCUT2D eigenvalue weighted by atomic mass is 10.2. The average molecular weight is 408 g/mol. The molecule has 0 radical (unpaired) electrons. The molecule has 150 valence electrons. The molecule has 1 heterocycles. The maximum Gasteiger partial charge on any atom is 0.400 e. The Morgan fingerprint density at radius 1 is 1.00 bits per heavy atom. The minimum absolute atomic E-state index is 0.0480. The minimum Gasteiger partial charge on any atom is -0.479 e. The first-order valence-electron chi connectivity index (χ1n) is 8.01. The van der Waals surface area contributed by atoms with E-state index in [1.54, 1.807) is 30.3 Å². The van der Waals surface area contributed by atoms with E-state index in [4.69, 9.17) is 14.9 Å². The van der Waals surface area contributed by atoms with Gasteiger partial charge in [-0.1, -0.05) is 35.5 Å². The summed E-state index contributed by atoms with van der Waals surface area (Å²) in [5, 5.41) is 3.49.